The fraction of sp³-hybridized carbons (Fsp3) is 0.105. The number of thioether (sulfide) groups is 1. The number of amides is 1. The number of aromatic nitrogens is 2. The van der Waals surface area contributed by atoms with Crippen LogP contribution in [0.5, 0.6) is 0 Å². The summed E-state index contributed by atoms with van der Waals surface area (Å²) in [6, 6.07) is 18.1. The maximum Gasteiger partial charge on any atom is 0.251 e. The van der Waals surface area contributed by atoms with Gasteiger partial charge in [-0.2, -0.15) is 0 Å². The third kappa shape index (κ3) is 5.47. The van der Waals surface area contributed by atoms with Gasteiger partial charge in [0.1, 0.15) is 0 Å². The van der Waals surface area contributed by atoms with Gasteiger partial charge in [-0.15, -0.1) is 0 Å². The number of benzene rings is 2. The molecule has 26 heavy (non-hydrogen) atoms. The highest BCUT2D eigenvalue weighted by Crippen LogP contribution is 2.18. The number of nitrogens with one attached hydrogen (secondary N) is 2. The molecule has 1 aromatic heterocycles. The molecule has 0 fully saturated rings. The summed E-state index contributed by atoms with van der Waals surface area (Å²) >= 11 is 7.25. The summed E-state index contributed by atoms with van der Waals surface area (Å²) in [5, 5.41) is 3.85. The molecule has 3 aromatic rings. The van der Waals surface area contributed by atoms with E-state index in [0.29, 0.717) is 27.3 Å². The minimum Gasteiger partial charge on any atom is -0.326 e. The lowest BCUT2D eigenvalue weighted by Crippen LogP contribution is -2.18. The van der Waals surface area contributed by atoms with Gasteiger partial charge in [0.15, 0.2) is 5.16 Å². The molecule has 3 rings (SSSR count). The van der Waals surface area contributed by atoms with Gasteiger partial charge in [-0.05, 0) is 29.8 Å². The third-order valence-electron chi connectivity index (χ3n) is 3.46. The van der Waals surface area contributed by atoms with Crippen molar-refractivity contribution >= 4 is 35.0 Å². The van der Waals surface area contributed by atoms with Crippen LogP contribution in [-0.4, -0.2) is 15.9 Å². The Hall–Kier alpha value is -2.57. The number of halogens is 1. The number of nitrogens with zero attached hydrogens (tertiary/aromatic N) is 1. The fourth-order valence-electron chi connectivity index (χ4n) is 2.27. The van der Waals surface area contributed by atoms with Crippen LogP contribution >= 0.6 is 23.4 Å². The van der Waals surface area contributed by atoms with Crippen molar-refractivity contribution in [2.24, 2.45) is 0 Å². The molecule has 0 aliphatic carbocycles. The number of hydrogen-bond donors (Lipinski definition) is 2. The van der Waals surface area contributed by atoms with E-state index in [1.54, 1.807) is 24.3 Å². The highest BCUT2D eigenvalue weighted by atomic mass is 35.5. The van der Waals surface area contributed by atoms with Crippen molar-refractivity contribution in [2.75, 3.05) is 5.32 Å². The lowest BCUT2D eigenvalue weighted by molar-refractivity contribution is -0.115. The van der Waals surface area contributed by atoms with Crippen LogP contribution in [0.25, 0.3) is 0 Å². The molecule has 1 amide bonds. The topological polar surface area (TPSA) is 74.8 Å². The Morgan fingerprint density at radius 1 is 1.12 bits per heavy atom. The largest absolute Gasteiger partial charge is 0.326 e. The number of carbonyl (C=O) groups excluding carboxylic acids is 1. The van der Waals surface area contributed by atoms with Gasteiger partial charge in [-0.3, -0.25) is 9.59 Å². The number of anilines is 1. The summed E-state index contributed by atoms with van der Waals surface area (Å²) in [5.74, 6) is 0.439. The highest BCUT2D eigenvalue weighted by Gasteiger charge is 2.09. The first-order valence-corrected chi connectivity index (χ1v) is 9.27. The molecule has 7 heteroatoms. The molecule has 0 saturated carbocycles. The maximum absolute atomic E-state index is 12.2. The zero-order chi connectivity index (χ0) is 18.4. The second-order valence-corrected chi connectivity index (χ2v) is 6.95. The second-order valence-electron chi connectivity index (χ2n) is 5.55. The molecule has 132 valence electrons. The fourth-order valence-corrected chi connectivity index (χ4v) is 3.25. The van der Waals surface area contributed by atoms with Crippen molar-refractivity contribution in [2.45, 2.75) is 17.3 Å². The predicted octanol–water partition coefficient (Wildman–Crippen LogP) is 3.90. The minimum atomic E-state index is -0.273. The molecular formula is C19H16ClN3O2S. The number of hydrogen-bond acceptors (Lipinski definition) is 4. The van der Waals surface area contributed by atoms with Crippen molar-refractivity contribution in [3.05, 3.63) is 87.3 Å². The molecule has 5 nitrogen and oxygen atoms in total. The summed E-state index contributed by atoms with van der Waals surface area (Å²) in [6.45, 7) is 0. The summed E-state index contributed by atoms with van der Waals surface area (Å²) in [7, 11) is 0. The zero-order valence-corrected chi connectivity index (χ0v) is 15.3. The van der Waals surface area contributed by atoms with Crippen LogP contribution in [0, 0.1) is 0 Å². The molecule has 0 bridgehead atoms. The molecule has 2 aromatic carbocycles. The van der Waals surface area contributed by atoms with Crippen LogP contribution in [0.2, 0.25) is 5.02 Å². The van der Waals surface area contributed by atoms with Gasteiger partial charge < -0.3 is 10.3 Å². The molecule has 0 atom stereocenters. The monoisotopic (exact) mass is 385 g/mol. The van der Waals surface area contributed by atoms with Crippen LogP contribution in [0.3, 0.4) is 0 Å². The molecule has 0 radical (unpaired) electrons. The van der Waals surface area contributed by atoms with Crippen LogP contribution in [0.15, 0.2) is 70.6 Å². The number of carbonyl (C=O) groups is 1. The van der Waals surface area contributed by atoms with E-state index in [1.807, 2.05) is 30.3 Å². The van der Waals surface area contributed by atoms with E-state index in [9.17, 15) is 9.59 Å². The van der Waals surface area contributed by atoms with Gasteiger partial charge >= 0.3 is 0 Å². The summed E-state index contributed by atoms with van der Waals surface area (Å²) in [5.41, 5.74) is 1.93. The Morgan fingerprint density at radius 2 is 1.85 bits per heavy atom. The number of rotatable bonds is 6. The van der Waals surface area contributed by atoms with Crippen molar-refractivity contribution in [1.82, 2.24) is 9.97 Å². The van der Waals surface area contributed by atoms with Crippen molar-refractivity contribution in [1.29, 1.82) is 0 Å². The van der Waals surface area contributed by atoms with Gasteiger partial charge in [-0.25, -0.2) is 4.98 Å². The van der Waals surface area contributed by atoms with Crippen LogP contribution in [0.1, 0.15) is 11.3 Å². The Kier molecular flexibility index (Phi) is 6.09. The van der Waals surface area contributed by atoms with Gasteiger partial charge in [0.25, 0.3) is 5.56 Å². The van der Waals surface area contributed by atoms with Crippen LogP contribution in [0.4, 0.5) is 5.69 Å². The van der Waals surface area contributed by atoms with Gasteiger partial charge in [0.2, 0.25) is 5.91 Å². The van der Waals surface area contributed by atoms with Crippen molar-refractivity contribution < 1.29 is 4.79 Å². The average Bonchev–Trinajstić information content (AvgIpc) is 2.62. The maximum atomic E-state index is 12.2. The van der Waals surface area contributed by atoms with E-state index in [4.69, 9.17) is 11.6 Å². The number of H-pyrrole nitrogens is 1. The molecule has 0 saturated heterocycles. The first-order chi connectivity index (χ1) is 12.6. The minimum absolute atomic E-state index is 0.0193. The lowest BCUT2D eigenvalue weighted by Gasteiger charge is -2.06. The zero-order valence-electron chi connectivity index (χ0n) is 13.7. The molecular weight excluding hydrogens is 370 g/mol. The highest BCUT2D eigenvalue weighted by molar-refractivity contribution is 7.98. The SMILES string of the molecule is O=C(Cc1cc(=O)[nH]c(SCc2ccccc2)n1)Nc1ccc(Cl)cc1. The summed E-state index contributed by atoms with van der Waals surface area (Å²) < 4.78 is 0. The summed E-state index contributed by atoms with van der Waals surface area (Å²) in [6.07, 6.45) is 0.0193. The molecule has 0 unspecified atom stereocenters. The van der Waals surface area contributed by atoms with Crippen molar-refractivity contribution in [3.63, 3.8) is 0 Å². The normalized spacial score (nSPS) is 10.5. The lowest BCUT2D eigenvalue weighted by atomic mass is 10.2. The average molecular weight is 386 g/mol. The molecule has 0 aliphatic rings. The van der Waals surface area contributed by atoms with E-state index in [2.05, 4.69) is 15.3 Å². The Labute approximate surface area is 159 Å². The molecule has 2 N–H and O–H groups in total. The molecule has 0 aliphatic heterocycles. The van der Waals surface area contributed by atoms with E-state index in [0.717, 1.165) is 5.56 Å². The van der Waals surface area contributed by atoms with E-state index in [1.165, 1.54) is 17.8 Å². The smallest absolute Gasteiger partial charge is 0.251 e. The van der Waals surface area contributed by atoms with Gasteiger partial charge in [0.05, 0.1) is 12.1 Å². The Balaban J connectivity index is 1.64. The first kappa shape index (κ1) is 18.2. The van der Waals surface area contributed by atoms with Crippen LogP contribution in [-0.2, 0) is 17.0 Å². The predicted molar refractivity (Wildman–Crippen MR) is 105 cm³/mol. The van der Waals surface area contributed by atoms with E-state index >= 15 is 0 Å². The van der Waals surface area contributed by atoms with Crippen molar-refractivity contribution in [3.8, 4) is 0 Å². The Bertz CT molecular complexity index is 943. The number of aromatic amines is 1. The Morgan fingerprint density at radius 3 is 2.58 bits per heavy atom. The van der Waals surface area contributed by atoms with Gasteiger partial charge in [0, 0.05) is 22.5 Å². The van der Waals surface area contributed by atoms with Crippen LogP contribution < -0.4 is 10.9 Å². The third-order valence-corrected chi connectivity index (χ3v) is 4.66. The quantitative estimate of drug-likeness (QED) is 0.498. The summed E-state index contributed by atoms with van der Waals surface area (Å²) in [4.78, 5) is 31.1. The van der Waals surface area contributed by atoms with E-state index in [-0.39, 0.29) is 17.9 Å². The standard InChI is InChI=1S/C19H16ClN3O2S/c20-14-6-8-15(9-7-14)21-17(24)10-16-11-18(25)23-19(22-16)26-12-13-4-2-1-3-5-13/h1-9,11H,10,12H2,(H,21,24)(H,22,23,25). The second kappa shape index (κ2) is 8.69. The molecule has 0 spiro atoms. The first-order valence-electron chi connectivity index (χ1n) is 7.91. The molecule has 1 heterocycles. The van der Waals surface area contributed by atoms with E-state index < -0.39 is 0 Å². The van der Waals surface area contributed by atoms with Gasteiger partial charge in [-0.1, -0.05) is 53.7 Å².